The smallest absolute Gasteiger partial charge is 0.211 e. The van der Waals surface area contributed by atoms with Crippen LogP contribution in [0, 0.1) is 0 Å². The van der Waals surface area contributed by atoms with E-state index in [4.69, 9.17) is 4.42 Å². The molecule has 0 spiro atoms. The molecule has 1 aromatic heterocycles. The topological polar surface area (TPSA) is 71.3 Å². The molecule has 5 nitrogen and oxygen atoms in total. The van der Waals surface area contributed by atoms with E-state index in [-0.39, 0.29) is 11.8 Å². The second-order valence-corrected chi connectivity index (χ2v) is 6.95. The molecule has 0 saturated heterocycles. The molecular weight excluding hydrogens is 276 g/mol. The van der Waals surface area contributed by atoms with Crippen molar-refractivity contribution < 1.29 is 12.8 Å². The van der Waals surface area contributed by atoms with Crippen LogP contribution in [0.4, 0.5) is 0 Å². The summed E-state index contributed by atoms with van der Waals surface area (Å²) in [7, 11) is -3.20. The van der Waals surface area contributed by atoms with Crippen molar-refractivity contribution in [2.45, 2.75) is 45.6 Å². The number of rotatable bonds is 11. The van der Waals surface area contributed by atoms with Gasteiger partial charge in [0.25, 0.3) is 0 Å². The summed E-state index contributed by atoms with van der Waals surface area (Å²) >= 11 is 0. The molecule has 0 aliphatic carbocycles. The first kappa shape index (κ1) is 17.2. The van der Waals surface area contributed by atoms with Crippen LogP contribution in [0.3, 0.4) is 0 Å². The van der Waals surface area contributed by atoms with Gasteiger partial charge in [0.1, 0.15) is 5.76 Å². The van der Waals surface area contributed by atoms with Gasteiger partial charge in [-0.25, -0.2) is 13.1 Å². The van der Waals surface area contributed by atoms with E-state index in [1.165, 1.54) is 0 Å². The Morgan fingerprint density at radius 1 is 1.30 bits per heavy atom. The maximum Gasteiger partial charge on any atom is 0.211 e. The average molecular weight is 302 g/mol. The summed E-state index contributed by atoms with van der Waals surface area (Å²) < 4.78 is 31.7. The molecule has 20 heavy (non-hydrogen) atoms. The molecule has 1 unspecified atom stereocenters. The number of hydrogen-bond acceptors (Lipinski definition) is 4. The molecule has 0 aromatic carbocycles. The molecule has 0 bridgehead atoms. The fraction of sp³-hybridized carbons (Fsp3) is 0.714. The second kappa shape index (κ2) is 9.15. The van der Waals surface area contributed by atoms with E-state index in [0.717, 1.165) is 31.7 Å². The van der Waals surface area contributed by atoms with E-state index >= 15 is 0 Å². The van der Waals surface area contributed by atoms with Crippen LogP contribution in [-0.2, 0) is 16.4 Å². The summed E-state index contributed by atoms with van der Waals surface area (Å²) in [6, 6.07) is 3.51. The van der Waals surface area contributed by atoms with E-state index in [1.54, 1.807) is 12.3 Å². The highest BCUT2D eigenvalue weighted by Crippen LogP contribution is 2.05. The minimum Gasteiger partial charge on any atom is -0.469 e. The van der Waals surface area contributed by atoms with Crippen LogP contribution in [0.1, 0.15) is 38.9 Å². The van der Waals surface area contributed by atoms with E-state index in [1.807, 2.05) is 13.0 Å². The van der Waals surface area contributed by atoms with Crippen molar-refractivity contribution in [3.05, 3.63) is 24.2 Å². The van der Waals surface area contributed by atoms with Crippen molar-refractivity contribution in [3.8, 4) is 0 Å². The molecule has 0 fully saturated rings. The van der Waals surface area contributed by atoms with Crippen molar-refractivity contribution in [2.24, 2.45) is 0 Å². The minimum atomic E-state index is -3.20. The third-order valence-corrected chi connectivity index (χ3v) is 4.50. The molecule has 116 valence electrons. The molecule has 1 rings (SSSR count). The predicted octanol–water partition coefficient (Wildman–Crippen LogP) is 1.91. The van der Waals surface area contributed by atoms with Gasteiger partial charge >= 0.3 is 0 Å². The first-order valence-corrected chi connectivity index (χ1v) is 8.92. The Morgan fingerprint density at radius 3 is 2.75 bits per heavy atom. The van der Waals surface area contributed by atoms with Crippen LogP contribution in [0.15, 0.2) is 22.8 Å². The van der Waals surface area contributed by atoms with Crippen LogP contribution in [-0.4, -0.2) is 33.3 Å². The normalized spacial score (nSPS) is 13.5. The summed E-state index contributed by atoms with van der Waals surface area (Å²) in [6.07, 6.45) is 4.83. The zero-order valence-electron chi connectivity index (χ0n) is 12.4. The van der Waals surface area contributed by atoms with Crippen LogP contribution in [0.2, 0.25) is 0 Å². The molecule has 1 aromatic rings. The number of furan rings is 1. The second-order valence-electron chi connectivity index (χ2n) is 5.08. The lowest BCUT2D eigenvalue weighted by Gasteiger charge is -2.13. The lowest BCUT2D eigenvalue weighted by Crippen LogP contribution is -2.35. The van der Waals surface area contributed by atoms with Gasteiger partial charge < -0.3 is 9.73 Å². The Kier molecular flexibility index (Phi) is 7.87. The Morgan fingerprint density at radius 2 is 2.10 bits per heavy atom. The quantitative estimate of drug-likeness (QED) is 0.613. The van der Waals surface area contributed by atoms with Gasteiger partial charge in [0, 0.05) is 12.5 Å². The fourth-order valence-electron chi connectivity index (χ4n) is 1.98. The third-order valence-electron chi connectivity index (χ3n) is 2.91. The summed E-state index contributed by atoms with van der Waals surface area (Å²) in [6.45, 7) is 5.83. The van der Waals surface area contributed by atoms with Gasteiger partial charge in [-0.3, -0.25) is 0 Å². The van der Waals surface area contributed by atoms with Crippen molar-refractivity contribution in [2.75, 3.05) is 18.8 Å². The van der Waals surface area contributed by atoms with Crippen molar-refractivity contribution in [3.63, 3.8) is 0 Å². The van der Waals surface area contributed by atoms with E-state index < -0.39 is 10.0 Å². The largest absolute Gasteiger partial charge is 0.469 e. The maximum absolute atomic E-state index is 11.9. The standard InChI is InChI=1S/C14H26N2O3S/c1-3-8-15-9-4-5-11-20(17,18)16-13(2)12-14-7-6-10-19-14/h6-7,10,13,15-16H,3-5,8-9,11-12H2,1-2H3. The van der Waals surface area contributed by atoms with Crippen LogP contribution in [0.5, 0.6) is 0 Å². The lowest BCUT2D eigenvalue weighted by molar-refractivity contribution is 0.478. The SMILES string of the molecule is CCCNCCCCS(=O)(=O)NC(C)Cc1ccco1. The Balaban J connectivity index is 2.20. The Hall–Kier alpha value is -0.850. The molecule has 2 N–H and O–H groups in total. The maximum atomic E-state index is 11.9. The van der Waals surface area contributed by atoms with Crippen molar-refractivity contribution in [1.29, 1.82) is 0 Å². The van der Waals surface area contributed by atoms with Gasteiger partial charge in [0.2, 0.25) is 10.0 Å². The Bertz CT molecular complexity index is 443. The highest BCUT2D eigenvalue weighted by molar-refractivity contribution is 7.89. The van der Waals surface area contributed by atoms with Gasteiger partial charge in [0.05, 0.1) is 12.0 Å². The summed E-state index contributed by atoms with van der Waals surface area (Å²) in [4.78, 5) is 0. The number of unbranched alkanes of at least 4 members (excludes halogenated alkanes) is 1. The molecule has 0 radical (unpaired) electrons. The first-order valence-electron chi connectivity index (χ1n) is 7.26. The van der Waals surface area contributed by atoms with Crippen LogP contribution in [0.25, 0.3) is 0 Å². The molecule has 0 amide bonds. The number of nitrogens with one attached hydrogen (secondary N) is 2. The minimum absolute atomic E-state index is 0.149. The Labute approximate surface area is 122 Å². The zero-order valence-corrected chi connectivity index (χ0v) is 13.2. The summed E-state index contributed by atoms with van der Waals surface area (Å²) in [5.74, 6) is 0.979. The number of sulfonamides is 1. The molecule has 0 aliphatic rings. The summed E-state index contributed by atoms with van der Waals surface area (Å²) in [5.41, 5.74) is 0. The van der Waals surface area contributed by atoms with Crippen molar-refractivity contribution >= 4 is 10.0 Å². The number of hydrogen-bond donors (Lipinski definition) is 2. The average Bonchev–Trinajstić information content (AvgIpc) is 2.85. The molecule has 0 saturated carbocycles. The highest BCUT2D eigenvalue weighted by atomic mass is 32.2. The van der Waals surface area contributed by atoms with Crippen molar-refractivity contribution in [1.82, 2.24) is 10.0 Å². The third kappa shape index (κ3) is 7.67. The van der Waals surface area contributed by atoms with Gasteiger partial charge in [0.15, 0.2) is 0 Å². The van der Waals surface area contributed by atoms with Gasteiger partial charge in [-0.05, 0) is 51.4 Å². The predicted molar refractivity (Wildman–Crippen MR) is 81.2 cm³/mol. The fourth-order valence-corrected chi connectivity index (χ4v) is 3.38. The van der Waals surface area contributed by atoms with Crippen LogP contribution < -0.4 is 10.0 Å². The lowest BCUT2D eigenvalue weighted by atomic mass is 10.2. The first-order chi connectivity index (χ1) is 9.53. The van der Waals surface area contributed by atoms with E-state index in [0.29, 0.717) is 12.8 Å². The van der Waals surface area contributed by atoms with Gasteiger partial charge in [-0.1, -0.05) is 6.92 Å². The molecule has 6 heteroatoms. The van der Waals surface area contributed by atoms with Crippen LogP contribution >= 0.6 is 0 Å². The van der Waals surface area contributed by atoms with Gasteiger partial charge in [-0.15, -0.1) is 0 Å². The molecule has 0 aliphatic heterocycles. The van der Waals surface area contributed by atoms with Gasteiger partial charge in [-0.2, -0.15) is 0 Å². The molecular formula is C14H26N2O3S. The zero-order chi connectivity index (χ0) is 14.8. The van der Waals surface area contributed by atoms with E-state index in [2.05, 4.69) is 17.0 Å². The highest BCUT2D eigenvalue weighted by Gasteiger charge is 2.15. The summed E-state index contributed by atoms with van der Waals surface area (Å²) in [5, 5.41) is 3.26. The molecule has 1 heterocycles. The molecule has 1 atom stereocenters. The van der Waals surface area contributed by atoms with E-state index in [9.17, 15) is 8.42 Å². The monoisotopic (exact) mass is 302 g/mol.